The van der Waals surface area contributed by atoms with Gasteiger partial charge in [0.25, 0.3) is 0 Å². The predicted molar refractivity (Wildman–Crippen MR) is 71.8 cm³/mol. The normalized spacial score (nSPS) is 27.1. The summed E-state index contributed by atoms with van der Waals surface area (Å²) in [6.45, 7) is 2.60. The third-order valence-corrected chi connectivity index (χ3v) is 4.19. The summed E-state index contributed by atoms with van der Waals surface area (Å²) < 4.78 is 19.7. The second-order valence-corrected chi connectivity index (χ2v) is 5.63. The van der Waals surface area contributed by atoms with Gasteiger partial charge in [0.05, 0.1) is 6.10 Å². The molecule has 1 aromatic carbocycles. The Morgan fingerprint density at radius 1 is 1.45 bits per heavy atom. The molecule has 0 bridgehead atoms. The minimum atomic E-state index is -0.963. The van der Waals surface area contributed by atoms with E-state index in [1.165, 1.54) is 6.07 Å². The first-order valence-electron chi connectivity index (χ1n) is 6.98. The summed E-state index contributed by atoms with van der Waals surface area (Å²) in [7, 11) is 0. The van der Waals surface area contributed by atoms with E-state index in [9.17, 15) is 14.3 Å². The number of halogens is 1. The Hall–Kier alpha value is -1.46. The lowest BCUT2D eigenvalue weighted by atomic mass is 9.91. The molecule has 1 amide bonds. The smallest absolute Gasteiger partial charge is 0.224 e. The fourth-order valence-electron chi connectivity index (χ4n) is 2.95. The summed E-state index contributed by atoms with van der Waals surface area (Å²) in [6.07, 6.45) is 0.521. The number of benzene rings is 1. The molecule has 1 saturated heterocycles. The molecule has 2 aliphatic heterocycles. The molecule has 1 aromatic rings. The van der Waals surface area contributed by atoms with Crippen molar-refractivity contribution in [3.8, 4) is 0 Å². The summed E-state index contributed by atoms with van der Waals surface area (Å²) in [5.74, 6) is -0.390. The number of aryl methyl sites for hydroxylation is 1. The van der Waals surface area contributed by atoms with Crippen LogP contribution >= 0.6 is 0 Å². The highest BCUT2D eigenvalue weighted by Crippen LogP contribution is 2.35. The average molecular weight is 279 g/mol. The van der Waals surface area contributed by atoms with E-state index in [2.05, 4.69) is 5.32 Å². The molecular weight excluding hydrogens is 261 g/mol. The van der Waals surface area contributed by atoms with E-state index < -0.39 is 11.9 Å². The van der Waals surface area contributed by atoms with E-state index >= 15 is 0 Å². The Morgan fingerprint density at radius 2 is 2.25 bits per heavy atom. The maximum Gasteiger partial charge on any atom is 0.224 e. The number of anilines is 1. The second-order valence-electron chi connectivity index (χ2n) is 5.63. The quantitative estimate of drug-likeness (QED) is 0.872. The molecule has 20 heavy (non-hydrogen) atoms. The lowest BCUT2D eigenvalue weighted by Crippen LogP contribution is -2.25. The van der Waals surface area contributed by atoms with Gasteiger partial charge in [-0.1, -0.05) is 6.92 Å². The van der Waals surface area contributed by atoms with Crippen molar-refractivity contribution in [1.29, 1.82) is 0 Å². The molecule has 3 rings (SSSR count). The second kappa shape index (κ2) is 5.14. The molecule has 5 heteroatoms. The van der Waals surface area contributed by atoms with Gasteiger partial charge in [-0.25, -0.2) is 4.39 Å². The number of nitrogens with one attached hydrogen (secondary N) is 1. The molecule has 0 aromatic heterocycles. The molecule has 2 aliphatic rings. The highest BCUT2D eigenvalue weighted by molar-refractivity contribution is 5.93. The van der Waals surface area contributed by atoms with Crippen LogP contribution in [0.4, 0.5) is 10.1 Å². The van der Waals surface area contributed by atoms with Crippen molar-refractivity contribution in [2.45, 2.75) is 38.4 Å². The molecule has 0 saturated carbocycles. The number of aliphatic hydroxyl groups excluding tert-OH is 1. The van der Waals surface area contributed by atoms with E-state index in [-0.39, 0.29) is 23.5 Å². The minimum Gasteiger partial charge on any atom is -0.386 e. The van der Waals surface area contributed by atoms with Crippen molar-refractivity contribution in [3.63, 3.8) is 0 Å². The summed E-state index contributed by atoms with van der Waals surface area (Å²) in [4.78, 5) is 11.3. The first-order valence-corrected chi connectivity index (χ1v) is 6.98. The fourth-order valence-corrected chi connectivity index (χ4v) is 2.95. The van der Waals surface area contributed by atoms with Crippen LogP contribution in [0.25, 0.3) is 0 Å². The van der Waals surface area contributed by atoms with Crippen LogP contribution in [0.5, 0.6) is 0 Å². The van der Waals surface area contributed by atoms with Crippen molar-refractivity contribution in [2.75, 3.05) is 11.9 Å². The van der Waals surface area contributed by atoms with Crippen LogP contribution in [0.3, 0.4) is 0 Å². The molecule has 1 fully saturated rings. The van der Waals surface area contributed by atoms with Crippen LogP contribution in [0.1, 0.15) is 37.0 Å². The van der Waals surface area contributed by atoms with E-state index in [4.69, 9.17) is 4.74 Å². The van der Waals surface area contributed by atoms with Gasteiger partial charge in [-0.15, -0.1) is 0 Å². The van der Waals surface area contributed by atoms with Crippen molar-refractivity contribution in [3.05, 3.63) is 29.1 Å². The van der Waals surface area contributed by atoms with Crippen LogP contribution in [0.2, 0.25) is 0 Å². The molecule has 2 heterocycles. The Balaban J connectivity index is 1.92. The van der Waals surface area contributed by atoms with Crippen LogP contribution in [-0.2, 0) is 16.0 Å². The van der Waals surface area contributed by atoms with Gasteiger partial charge in [-0.2, -0.15) is 0 Å². The molecule has 3 atom stereocenters. The van der Waals surface area contributed by atoms with Gasteiger partial charge in [0.15, 0.2) is 0 Å². The Kier molecular flexibility index (Phi) is 3.48. The minimum absolute atomic E-state index is 0.0991. The number of hydrogen-bond acceptors (Lipinski definition) is 3. The van der Waals surface area contributed by atoms with Crippen LogP contribution < -0.4 is 5.32 Å². The van der Waals surface area contributed by atoms with E-state index in [1.807, 2.05) is 6.92 Å². The maximum absolute atomic E-state index is 14.2. The number of carbonyl (C=O) groups excluding carboxylic acids is 1. The average Bonchev–Trinajstić information content (AvgIpc) is 2.83. The van der Waals surface area contributed by atoms with Crippen LogP contribution in [-0.4, -0.2) is 23.7 Å². The van der Waals surface area contributed by atoms with E-state index in [0.29, 0.717) is 25.1 Å². The van der Waals surface area contributed by atoms with Gasteiger partial charge in [0.2, 0.25) is 5.91 Å². The van der Waals surface area contributed by atoms with Gasteiger partial charge in [0.1, 0.15) is 11.9 Å². The predicted octanol–water partition coefficient (Wildman–Crippen LogP) is 2.17. The summed E-state index contributed by atoms with van der Waals surface area (Å²) >= 11 is 0. The molecular formula is C15H18FNO3. The zero-order valence-corrected chi connectivity index (χ0v) is 11.4. The van der Waals surface area contributed by atoms with E-state index in [0.717, 1.165) is 12.0 Å². The molecule has 0 aliphatic carbocycles. The standard InChI is InChI=1S/C15H18FNO3/c1-8-4-5-20-15(8)14(19)10-6-9-2-3-13(18)17-12(9)7-11(10)16/h6-8,14-15,19H,2-5H2,1H3,(H,17,18). The molecule has 0 spiro atoms. The molecule has 2 N–H and O–H groups in total. The highest BCUT2D eigenvalue weighted by atomic mass is 19.1. The monoisotopic (exact) mass is 279 g/mol. The number of hydrogen-bond donors (Lipinski definition) is 2. The zero-order valence-electron chi connectivity index (χ0n) is 11.4. The number of aliphatic hydroxyl groups is 1. The Labute approximate surface area is 116 Å². The third kappa shape index (κ3) is 2.31. The fraction of sp³-hybridized carbons (Fsp3) is 0.533. The van der Waals surface area contributed by atoms with Gasteiger partial charge < -0.3 is 15.2 Å². The number of ether oxygens (including phenoxy) is 1. The number of fused-ring (bicyclic) bond motifs is 1. The first kappa shape index (κ1) is 13.5. The SMILES string of the molecule is CC1CCOC1C(O)c1cc2c(cc1F)NC(=O)CC2. The maximum atomic E-state index is 14.2. The third-order valence-electron chi connectivity index (χ3n) is 4.19. The van der Waals surface area contributed by atoms with E-state index in [1.54, 1.807) is 6.07 Å². The van der Waals surface area contributed by atoms with Crippen molar-refractivity contribution >= 4 is 11.6 Å². The molecule has 108 valence electrons. The lowest BCUT2D eigenvalue weighted by Gasteiger charge is -2.24. The van der Waals surface area contributed by atoms with Crippen molar-refractivity contribution in [1.82, 2.24) is 0 Å². The number of carbonyl (C=O) groups is 1. The Morgan fingerprint density at radius 3 is 2.95 bits per heavy atom. The van der Waals surface area contributed by atoms with Gasteiger partial charge in [-0.05, 0) is 36.5 Å². The summed E-state index contributed by atoms with van der Waals surface area (Å²) in [5, 5.41) is 13.0. The van der Waals surface area contributed by atoms with Gasteiger partial charge >= 0.3 is 0 Å². The Bertz CT molecular complexity index is 546. The van der Waals surface area contributed by atoms with Crippen LogP contribution in [0.15, 0.2) is 12.1 Å². The molecule has 3 unspecified atom stereocenters. The summed E-state index contributed by atoms with van der Waals surface area (Å²) in [6, 6.07) is 2.95. The molecule has 0 radical (unpaired) electrons. The van der Waals surface area contributed by atoms with Gasteiger partial charge in [-0.3, -0.25) is 4.79 Å². The van der Waals surface area contributed by atoms with Crippen LogP contribution in [0, 0.1) is 11.7 Å². The van der Waals surface area contributed by atoms with Gasteiger partial charge in [0, 0.05) is 24.3 Å². The summed E-state index contributed by atoms with van der Waals surface area (Å²) in [5.41, 5.74) is 1.64. The number of amides is 1. The highest BCUT2D eigenvalue weighted by Gasteiger charge is 2.34. The largest absolute Gasteiger partial charge is 0.386 e. The zero-order chi connectivity index (χ0) is 14.3. The first-order chi connectivity index (χ1) is 9.56. The van der Waals surface area contributed by atoms with Crippen molar-refractivity contribution in [2.24, 2.45) is 5.92 Å². The lowest BCUT2D eigenvalue weighted by molar-refractivity contribution is -0.116. The molecule has 4 nitrogen and oxygen atoms in total. The topological polar surface area (TPSA) is 58.6 Å². The van der Waals surface area contributed by atoms with Crippen molar-refractivity contribution < 1.29 is 19.0 Å². The number of rotatable bonds is 2.